The summed E-state index contributed by atoms with van der Waals surface area (Å²) in [6.45, 7) is 1.85. The highest BCUT2D eigenvalue weighted by Crippen LogP contribution is 2.27. The summed E-state index contributed by atoms with van der Waals surface area (Å²) in [6.07, 6.45) is -1.14. The number of aryl methyl sites for hydroxylation is 1. The first-order valence-electron chi connectivity index (χ1n) is 4.36. The summed E-state index contributed by atoms with van der Waals surface area (Å²) in [5.41, 5.74) is 3.85. The van der Waals surface area contributed by atoms with Crippen LogP contribution in [0.4, 0.5) is 4.79 Å². The van der Waals surface area contributed by atoms with Gasteiger partial charge in [-0.15, -0.1) is 0 Å². The molecule has 0 spiro atoms. The molecule has 2 rings (SSSR count). The minimum atomic E-state index is -1.14. The zero-order chi connectivity index (χ0) is 11.0. The first kappa shape index (κ1) is 9.86. The summed E-state index contributed by atoms with van der Waals surface area (Å²) >= 11 is 6.02. The van der Waals surface area contributed by atoms with Gasteiger partial charge in [0.15, 0.2) is 0 Å². The zero-order valence-electron chi connectivity index (χ0n) is 7.99. The molecule has 5 heteroatoms. The van der Waals surface area contributed by atoms with Crippen LogP contribution in [0.3, 0.4) is 0 Å². The third-order valence-corrected chi connectivity index (χ3v) is 2.71. The van der Waals surface area contributed by atoms with Crippen LogP contribution in [0, 0.1) is 6.92 Å². The lowest BCUT2D eigenvalue weighted by Gasteiger charge is -2.04. The van der Waals surface area contributed by atoms with Crippen molar-refractivity contribution in [2.45, 2.75) is 6.92 Å². The summed E-state index contributed by atoms with van der Waals surface area (Å²) in [6, 6.07) is 7.43. The van der Waals surface area contributed by atoms with Crippen molar-refractivity contribution >= 4 is 28.6 Å². The average molecular weight is 225 g/mol. The van der Waals surface area contributed by atoms with Gasteiger partial charge in [0.05, 0.1) is 5.52 Å². The number of carbonyl (C=O) groups is 1. The second-order valence-electron chi connectivity index (χ2n) is 3.19. The van der Waals surface area contributed by atoms with E-state index in [0.29, 0.717) is 5.15 Å². The van der Waals surface area contributed by atoms with Crippen LogP contribution in [0.2, 0.25) is 5.15 Å². The number of hydrogen-bond donors (Lipinski definition) is 2. The SMILES string of the molecule is Cc1c(Cl)n(NC(=O)O)c2ccccc12. The Hall–Kier alpha value is -1.68. The molecule has 1 amide bonds. The average Bonchev–Trinajstić information content (AvgIpc) is 2.44. The summed E-state index contributed by atoms with van der Waals surface area (Å²) < 4.78 is 1.36. The quantitative estimate of drug-likeness (QED) is 0.783. The second-order valence-corrected chi connectivity index (χ2v) is 3.54. The third-order valence-electron chi connectivity index (χ3n) is 2.26. The van der Waals surface area contributed by atoms with Gasteiger partial charge in [0.25, 0.3) is 0 Å². The molecule has 0 radical (unpaired) electrons. The molecule has 0 unspecified atom stereocenters. The van der Waals surface area contributed by atoms with Gasteiger partial charge >= 0.3 is 6.09 Å². The number of fused-ring (bicyclic) bond motifs is 1. The van der Waals surface area contributed by atoms with Gasteiger partial charge in [-0.1, -0.05) is 29.8 Å². The minimum absolute atomic E-state index is 0.388. The molecule has 2 N–H and O–H groups in total. The van der Waals surface area contributed by atoms with Crippen molar-refractivity contribution in [1.82, 2.24) is 4.68 Å². The van der Waals surface area contributed by atoms with E-state index in [1.54, 1.807) is 0 Å². The molecular formula is C10H9ClN2O2. The Morgan fingerprint density at radius 1 is 1.47 bits per heavy atom. The predicted molar refractivity (Wildman–Crippen MR) is 59.1 cm³/mol. The van der Waals surface area contributed by atoms with Gasteiger partial charge in [-0.3, -0.25) is 0 Å². The van der Waals surface area contributed by atoms with E-state index in [1.807, 2.05) is 31.2 Å². The third kappa shape index (κ3) is 1.53. The Bertz CT molecular complexity index is 533. The van der Waals surface area contributed by atoms with E-state index in [-0.39, 0.29) is 0 Å². The first-order chi connectivity index (χ1) is 7.11. The van der Waals surface area contributed by atoms with Crippen LogP contribution in [-0.4, -0.2) is 15.9 Å². The van der Waals surface area contributed by atoms with Crippen LogP contribution in [-0.2, 0) is 0 Å². The Morgan fingerprint density at radius 2 is 2.13 bits per heavy atom. The molecule has 2 aromatic rings. The van der Waals surface area contributed by atoms with E-state index in [9.17, 15) is 4.79 Å². The van der Waals surface area contributed by atoms with Gasteiger partial charge in [-0.2, -0.15) is 0 Å². The lowest BCUT2D eigenvalue weighted by Crippen LogP contribution is -2.20. The molecule has 15 heavy (non-hydrogen) atoms. The Labute approximate surface area is 91.0 Å². The zero-order valence-corrected chi connectivity index (χ0v) is 8.75. The molecule has 4 nitrogen and oxygen atoms in total. The molecule has 1 heterocycles. The highest BCUT2D eigenvalue weighted by molar-refractivity contribution is 6.32. The molecule has 0 saturated carbocycles. The standard InChI is InChI=1S/C10H9ClN2O2/c1-6-7-4-2-3-5-8(7)13(9(6)11)12-10(14)15/h2-5,12H,1H3,(H,14,15). The maximum Gasteiger partial charge on any atom is 0.424 e. The summed E-state index contributed by atoms with van der Waals surface area (Å²) in [7, 11) is 0. The number of benzene rings is 1. The van der Waals surface area contributed by atoms with Crippen LogP contribution in [0.15, 0.2) is 24.3 Å². The van der Waals surface area contributed by atoms with E-state index in [0.717, 1.165) is 16.5 Å². The van der Waals surface area contributed by atoms with E-state index >= 15 is 0 Å². The molecule has 0 aliphatic heterocycles. The Balaban J connectivity index is 2.72. The van der Waals surface area contributed by atoms with Crippen molar-refractivity contribution in [2.24, 2.45) is 0 Å². The summed E-state index contributed by atoms with van der Waals surface area (Å²) in [5.74, 6) is 0. The minimum Gasteiger partial charge on any atom is -0.464 e. The van der Waals surface area contributed by atoms with E-state index in [1.165, 1.54) is 4.68 Å². The highest BCUT2D eigenvalue weighted by Gasteiger charge is 2.12. The molecule has 0 fully saturated rings. The molecule has 0 saturated heterocycles. The van der Waals surface area contributed by atoms with Crippen LogP contribution in [0.25, 0.3) is 10.9 Å². The number of carboxylic acid groups (broad SMARTS) is 1. The monoisotopic (exact) mass is 224 g/mol. The molecule has 0 atom stereocenters. The largest absolute Gasteiger partial charge is 0.464 e. The number of para-hydroxylation sites is 1. The van der Waals surface area contributed by atoms with E-state index in [2.05, 4.69) is 5.43 Å². The fraction of sp³-hybridized carbons (Fsp3) is 0.100. The number of hydrogen-bond acceptors (Lipinski definition) is 1. The van der Waals surface area contributed by atoms with Gasteiger partial charge < -0.3 is 5.11 Å². The summed E-state index contributed by atoms with van der Waals surface area (Å²) in [5, 5.41) is 10.00. The molecule has 0 bridgehead atoms. The van der Waals surface area contributed by atoms with Crippen molar-refractivity contribution in [3.8, 4) is 0 Å². The predicted octanol–water partition coefficient (Wildman–Crippen LogP) is 2.82. The van der Waals surface area contributed by atoms with Crippen molar-refractivity contribution in [1.29, 1.82) is 0 Å². The van der Waals surface area contributed by atoms with Crippen molar-refractivity contribution < 1.29 is 9.90 Å². The number of halogens is 1. The van der Waals surface area contributed by atoms with Crippen LogP contribution < -0.4 is 5.43 Å². The van der Waals surface area contributed by atoms with Crippen molar-refractivity contribution in [3.63, 3.8) is 0 Å². The van der Waals surface area contributed by atoms with Crippen molar-refractivity contribution in [3.05, 3.63) is 35.0 Å². The molecular weight excluding hydrogens is 216 g/mol. The molecule has 0 aliphatic rings. The maximum absolute atomic E-state index is 10.6. The topological polar surface area (TPSA) is 54.3 Å². The van der Waals surface area contributed by atoms with Crippen LogP contribution >= 0.6 is 11.6 Å². The van der Waals surface area contributed by atoms with Gasteiger partial charge in [0.1, 0.15) is 5.15 Å². The second kappa shape index (κ2) is 3.47. The molecule has 1 aromatic heterocycles. The lowest BCUT2D eigenvalue weighted by atomic mass is 10.2. The summed E-state index contributed by atoms with van der Waals surface area (Å²) in [4.78, 5) is 10.6. The number of nitrogens with one attached hydrogen (secondary N) is 1. The Morgan fingerprint density at radius 3 is 2.80 bits per heavy atom. The smallest absolute Gasteiger partial charge is 0.424 e. The first-order valence-corrected chi connectivity index (χ1v) is 4.74. The molecule has 0 aliphatic carbocycles. The number of nitrogens with zero attached hydrogens (tertiary/aromatic N) is 1. The molecule has 78 valence electrons. The van der Waals surface area contributed by atoms with Gasteiger partial charge in [0.2, 0.25) is 0 Å². The fourth-order valence-electron chi connectivity index (χ4n) is 1.58. The Kier molecular flexibility index (Phi) is 2.28. The van der Waals surface area contributed by atoms with E-state index < -0.39 is 6.09 Å². The van der Waals surface area contributed by atoms with Crippen molar-refractivity contribution in [2.75, 3.05) is 5.43 Å². The van der Waals surface area contributed by atoms with E-state index in [4.69, 9.17) is 16.7 Å². The van der Waals surface area contributed by atoms with Gasteiger partial charge in [-0.25, -0.2) is 14.9 Å². The number of rotatable bonds is 1. The number of amides is 1. The van der Waals surface area contributed by atoms with Crippen LogP contribution in [0.5, 0.6) is 0 Å². The fourth-order valence-corrected chi connectivity index (χ4v) is 1.81. The maximum atomic E-state index is 10.6. The van der Waals surface area contributed by atoms with Gasteiger partial charge in [0, 0.05) is 5.39 Å². The number of aromatic nitrogens is 1. The lowest BCUT2D eigenvalue weighted by molar-refractivity contribution is 0.206. The van der Waals surface area contributed by atoms with Gasteiger partial charge in [-0.05, 0) is 18.6 Å². The van der Waals surface area contributed by atoms with Crippen LogP contribution in [0.1, 0.15) is 5.56 Å². The normalized spacial score (nSPS) is 10.5. The molecule has 1 aromatic carbocycles. The highest BCUT2D eigenvalue weighted by atomic mass is 35.5.